The number of nitrogens with one attached hydrogen (secondary N) is 1. The van der Waals surface area contributed by atoms with Crippen molar-refractivity contribution in [3.8, 4) is 0 Å². The molecule has 0 spiro atoms. The molecule has 0 aliphatic rings. The molecule has 19 heavy (non-hydrogen) atoms. The van der Waals surface area contributed by atoms with Crippen LogP contribution in [0.3, 0.4) is 0 Å². The van der Waals surface area contributed by atoms with Crippen LogP contribution in [-0.2, 0) is 6.54 Å². The summed E-state index contributed by atoms with van der Waals surface area (Å²) in [7, 11) is 2.01. The Bertz CT molecular complexity index is 569. The van der Waals surface area contributed by atoms with Gasteiger partial charge in [0.05, 0.1) is 12.0 Å². The van der Waals surface area contributed by atoms with E-state index >= 15 is 0 Å². The molecule has 0 fully saturated rings. The fourth-order valence-electron chi connectivity index (χ4n) is 2.27. The van der Waals surface area contributed by atoms with Gasteiger partial charge in [0.2, 0.25) is 0 Å². The molecule has 0 bridgehead atoms. The molecule has 0 saturated heterocycles. The van der Waals surface area contributed by atoms with Crippen molar-refractivity contribution in [2.75, 3.05) is 7.05 Å². The predicted octanol–water partition coefficient (Wildman–Crippen LogP) is 3.08. The number of benzene rings is 1. The third-order valence-electron chi connectivity index (χ3n) is 4.01. The Balaban J connectivity index is 2.25. The number of aryl methyl sites for hydroxylation is 3. The molecule has 1 aromatic heterocycles. The number of imidazole rings is 1. The summed E-state index contributed by atoms with van der Waals surface area (Å²) in [6, 6.07) is 6.99. The standard InChI is InChI=1S/C16H23N3/c1-11-6-7-15(8-12(11)2)16(17-5)9-19-10-18-13(3)14(19)4/h6-8,10,16-17H,9H2,1-5H3. The van der Waals surface area contributed by atoms with E-state index in [4.69, 9.17) is 0 Å². The summed E-state index contributed by atoms with van der Waals surface area (Å²) in [6.07, 6.45) is 1.93. The Morgan fingerprint density at radius 1 is 1.16 bits per heavy atom. The molecule has 1 atom stereocenters. The first-order chi connectivity index (χ1) is 9.02. The average molecular weight is 257 g/mol. The monoisotopic (exact) mass is 257 g/mol. The summed E-state index contributed by atoms with van der Waals surface area (Å²) in [5.41, 5.74) is 6.36. The molecule has 1 unspecified atom stereocenters. The van der Waals surface area contributed by atoms with Crippen LogP contribution in [0.1, 0.15) is 34.1 Å². The van der Waals surface area contributed by atoms with Crippen molar-refractivity contribution < 1.29 is 0 Å². The van der Waals surface area contributed by atoms with E-state index in [0.29, 0.717) is 6.04 Å². The number of hydrogen-bond acceptors (Lipinski definition) is 2. The van der Waals surface area contributed by atoms with Crippen molar-refractivity contribution in [3.63, 3.8) is 0 Å². The highest BCUT2D eigenvalue weighted by Crippen LogP contribution is 2.19. The summed E-state index contributed by atoms with van der Waals surface area (Å²) in [5, 5.41) is 3.40. The van der Waals surface area contributed by atoms with Crippen molar-refractivity contribution in [2.45, 2.75) is 40.3 Å². The Kier molecular flexibility index (Phi) is 4.05. The fourth-order valence-corrected chi connectivity index (χ4v) is 2.27. The lowest BCUT2D eigenvalue weighted by atomic mass is 10.0. The van der Waals surface area contributed by atoms with E-state index in [2.05, 4.69) is 60.8 Å². The topological polar surface area (TPSA) is 29.9 Å². The zero-order valence-electron chi connectivity index (χ0n) is 12.5. The molecule has 0 radical (unpaired) electrons. The van der Waals surface area contributed by atoms with Gasteiger partial charge >= 0.3 is 0 Å². The Hall–Kier alpha value is -1.61. The normalized spacial score (nSPS) is 12.7. The first kappa shape index (κ1) is 13.8. The quantitative estimate of drug-likeness (QED) is 0.912. The first-order valence-corrected chi connectivity index (χ1v) is 6.75. The molecule has 0 aliphatic heterocycles. The van der Waals surface area contributed by atoms with Crippen LogP contribution in [0.15, 0.2) is 24.5 Å². The van der Waals surface area contributed by atoms with Gasteiger partial charge in [0, 0.05) is 18.3 Å². The summed E-state index contributed by atoms with van der Waals surface area (Å²) in [4.78, 5) is 4.36. The molecule has 1 heterocycles. The minimum absolute atomic E-state index is 0.312. The molecule has 2 rings (SSSR count). The second-order valence-corrected chi connectivity index (χ2v) is 5.25. The molecule has 1 N–H and O–H groups in total. The van der Waals surface area contributed by atoms with E-state index in [0.717, 1.165) is 12.2 Å². The van der Waals surface area contributed by atoms with Crippen LogP contribution < -0.4 is 5.32 Å². The first-order valence-electron chi connectivity index (χ1n) is 6.75. The molecular formula is C16H23N3. The fraction of sp³-hybridized carbons (Fsp3) is 0.438. The number of rotatable bonds is 4. The van der Waals surface area contributed by atoms with E-state index in [1.807, 2.05) is 13.4 Å². The van der Waals surface area contributed by atoms with Gasteiger partial charge in [-0.25, -0.2) is 4.98 Å². The highest BCUT2D eigenvalue weighted by Gasteiger charge is 2.12. The van der Waals surface area contributed by atoms with Gasteiger partial charge in [-0.1, -0.05) is 18.2 Å². The van der Waals surface area contributed by atoms with Crippen molar-refractivity contribution in [1.82, 2.24) is 14.9 Å². The van der Waals surface area contributed by atoms with Crippen LogP contribution in [0.2, 0.25) is 0 Å². The largest absolute Gasteiger partial charge is 0.333 e. The van der Waals surface area contributed by atoms with Gasteiger partial charge in [0.15, 0.2) is 0 Å². The van der Waals surface area contributed by atoms with Crippen LogP contribution in [-0.4, -0.2) is 16.6 Å². The third-order valence-corrected chi connectivity index (χ3v) is 4.01. The van der Waals surface area contributed by atoms with Crippen LogP contribution in [0.5, 0.6) is 0 Å². The highest BCUT2D eigenvalue weighted by molar-refractivity contribution is 5.31. The zero-order valence-corrected chi connectivity index (χ0v) is 12.5. The van der Waals surface area contributed by atoms with Gasteiger partial charge in [0.25, 0.3) is 0 Å². The minimum atomic E-state index is 0.312. The molecule has 102 valence electrons. The van der Waals surface area contributed by atoms with Crippen LogP contribution >= 0.6 is 0 Å². The van der Waals surface area contributed by atoms with Gasteiger partial charge in [-0.2, -0.15) is 0 Å². The van der Waals surface area contributed by atoms with Gasteiger partial charge < -0.3 is 9.88 Å². The van der Waals surface area contributed by atoms with E-state index < -0.39 is 0 Å². The van der Waals surface area contributed by atoms with Crippen molar-refractivity contribution in [1.29, 1.82) is 0 Å². The number of likely N-dealkylation sites (N-methyl/N-ethyl adjacent to an activating group) is 1. The maximum absolute atomic E-state index is 4.36. The van der Waals surface area contributed by atoms with E-state index in [1.54, 1.807) is 0 Å². The van der Waals surface area contributed by atoms with E-state index in [9.17, 15) is 0 Å². The Morgan fingerprint density at radius 2 is 1.89 bits per heavy atom. The molecule has 3 nitrogen and oxygen atoms in total. The van der Waals surface area contributed by atoms with Crippen molar-refractivity contribution in [2.24, 2.45) is 0 Å². The number of aromatic nitrogens is 2. The SMILES string of the molecule is CNC(Cn1cnc(C)c1C)c1ccc(C)c(C)c1. The van der Waals surface area contributed by atoms with Gasteiger partial charge in [-0.3, -0.25) is 0 Å². The summed E-state index contributed by atoms with van der Waals surface area (Å²) in [5.74, 6) is 0. The van der Waals surface area contributed by atoms with Crippen LogP contribution in [0.25, 0.3) is 0 Å². The van der Waals surface area contributed by atoms with E-state index in [1.165, 1.54) is 22.4 Å². The average Bonchev–Trinajstić information content (AvgIpc) is 2.71. The molecule has 0 aliphatic carbocycles. The maximum Gasteiger partial charge on any atom is 0.0952 e. The van der Waals surface area contributed by atoms with E-state index in [-0.39, 0.29) is 0 Å². The molecule has 1 aromatic carbocycles. The minimum Gasteiger partial charge on any atom is -0.333 e. The summed E-state index contributed by atoms with van der Waals surface area (Å²) < 4.78 is 2.21. The lowest BCUT2D eigenvalue weighted by molar-refractivity contribution is 0.494. The summed E-state index contributed by atoms with van der Waals surface area (Å²) >= 11 is 0. The second-order valence-electron chi connectivity index (χ2n) is 5.25. The Labute approximate surface area is 115 Å². The predicted molar refractivity (Wildman–Crippen MR) is 79.4 cm³/mol. The third kappa shape index (κ3) is 2.87. The molecular weight excluding hydrogens is 234 g/mol. The maximum atomic E-state index is 4.36. The Morgan fingerprint density at radius 3 is 2.42 bits per heavy atom. The van der Waals surface area contributed by atoms with Gasteiger partial charge in [0.1, 0.15) is 0 Å². The molecule has 2 aromatic rings. The smallest absolute Gasteiger partial charge is 0.0952 e. The lowest BCUT2D eigenvalue weighted by Gasteiger charge is -2.19. The zero-order chi connectivity index (χ0) is 14.0. The lowest BCUT2D eigenvalue weighted by Crippen LogP contribution is -2.22. The van der Waals surface area contributed by atoms with Gasteiger partial charge in [-0.05, 0) is 51.4 Å². The molecule has 0 saturated carbocycles. The van der Waals surface area contributed by atoms with Gasteiger partial charge in [-0.15, -0.1) is 0 Å². The highest BCUT2D eigenvalue weighted by atomic mass is 15.1. The molecule has 0 amide bonds. The van der Waals surface area contributed by atoms with Crippen LogP contribution in [0, 0.1) is 27.7 Å². The van der Waals surface area contributed by atoms with Crippen molar-refractivity contribution in [3.05, 3.63) is 52.6 Å². The summed E-state index contributed by atoms with van der Waals surface area (Å²) in [6.45, 7) is 9.40. The van der Waals surface area contributed by atoms with Crippen LogP contribution in [0.4, 0.5) is 0 Å². The number of hydrogen-bond donors (Lipinski definition) is 1. The second kappa shape index (κ2) is 5.57. The molecule has 3 heteroatoms. The van der Waals surface area contributed by atoms with Crippen molar-refractivity contribution >= 4 is 0 Å². The number of nitrogens with zero attached hydrogens (tertiary/aromatic N) is 2.